The molecule has 1 aliphatic rings. The summed E-state index contributed by atoms with van der Waals surface area (Å²) in [4.78, 5) is 17.9. The first-order chi connectivity index (χ1) is 12.4. The van der Waals surface area contributed by atoms with Crippen molar-refractivity contribution in [1.29, 1.82) is 0 Å². The fourth-order valence-electron chi connectivity index (χ4n) is 3.30. The van der Waals surface area contributed by atoms with Crippen LogP contribution in [0.25, 0.3) is 10.2 Å². The zero-order chi connectivity index (χ0) is 18.7. The van der Waals surface area contributed by atoms with Gasteiger partial charge in [0, 0.05) is 25.8 Å². The molecule has 3 rings (SSSR count). The van der Waals surface area contributed by atoms with Gasteiger partial charge in [0.15, 0.2) is 14.6 Å². The van der Waals surface area contributed by atoms with E-state index in [1.807, 2.05) is 4.57 Å². The highest BCUT2D eigenvalue weighted by atomic mass is 32.2. The van der Waals surface area contributed by atoms with E-state index in [0.29, 0.717) is 18.0 Å². The highest BCUT2D eigenvalue weighted by Gasteiger charge is 2.21. The van der Waals surface area contributed by atoms with E-state index in [-0.39, 0.29) is 16.7 Å². The summed E-state index contributed by atoms with van der Waals surface area (Å²) in [6.07, 6.45) is 6.36. The summed E-state index contributed by atoms with van der Waals surface area (Å²) in [5, 5.41) is 0. The zero-order valence-electron chi connectivity index (χ0n) is 15.1. The van der Waals surface area contributed by atoms with Gasteiger partial charge in [-0.1, -0.05) is 30.6 Å². The van der Waals surface area contributed by atoms with Crippen LogP contribution in [0.5, 0.6) is 0 Å². The summed E-state index contributed by atoms with van der Waals surface area (Å²) in [5.41, 5.74) is 0.870. The Morgan fingerprint density at radius 3 is 2.69 bits per heavy atom. The Morgan fingerprint density at radius 1 is 1.31 bits per heavy atom. The standard InChI is InChI=1S/C18H24N2O4S2/c1-24-11-10-20-15-9-8-14(26(2,22)23)12-16(15)25-18(20)19-17(21)13-6-4-3-5-7-13/h8-9,12-13H,3-7,10-11H2,1-2H3. The number of benzene rings is 1. The number of carbonyl (C=O) groups is 1. The van der Waals surface area contributed by atoms with Crippen LogP contribution < -0.4 is 4.80 Å². The first-order valence-electron chi connectivity index (χ1n) is 8.81. The molecule has 6 nitrogen and oxygen atoms in total. The number of carbonyl (C=O) groups excluding carboxylic acids is 1. The molecule has 0 spiro atoms. The normalized spacial score (nSPS) is 17.1. The molecule has 0 saturated heterocycles. The van der Waals surface area contributed by atoms with Crippen molar-refractivity contribution >= 4 is 37.3 Å². The minimum atomic E-state index is -3.28. The summed E-state index contributed by atoms with van der Waals surface area (Å²) < 4.78 is 31.6. The Labute approximate surface area is 157 Å². The van der Waals surface area contributed by atoms with Crippen molar-refractivity contribution in [2.24, 2.45) is 10.9 Å². The SMILES string of the molecule is COCCn1c(=NC(=O)C2CCCCC2)sc2cc(S(C)(=O)=O)ccc21. The number of nitrogens with zero attached hydrogens (tertiary/aromatic N) is 2. The van der Waals surface area contributed by atoms with Gasteiger partial charge in [-0.25, -0.2) is 8.42 Å². The molecule has 1 aromatic carbocycles. The summed E-state index contributed by atoms with van der Waals surface area (Å²) in [6.45, 7) is 1.05. The van der Waals surface area contributed by atoms with Gasteiger partial charge in [-0.15, -0.1) is 0 Å². The Bertz CT molecular complexity index is 967. The number of hydrogen-bond donors (Lipinski definition) is 0. The first-order valence-corrected chi connectivity index (χ1v) is 11.5. The smallest absolute Gasteiger partial charge is 0.251 e. The van der Waals surface area contributed by atoms with Gasteiger partial charge in [0.1, 0.15) is 0 Å². The summed E-state index contributed by atoms with van der Waals surface area (Å²) in [7, 11) is -1.65. The van der Waals surface area contributed by atoms with Crippen LogP contribution in [0.4, 0.5) is 0 Å². The molecular weight excluding hydrogens is 372 g/mol. The predicted molar refractivity (Wildman–Crippen MR) is 102 cm³/mol. The van der Waals surface area contributed by atoms with Crippen molar-refractivity contribution in [2.45, 2.75) is 43.5 Å². The number of thiazole rings is 1. The van der Waals surface area contributed by atoms with Gasteiger partial charge in [0.05, 0.1) is 21.7 Å². The Hall–Kier alpha value is -1.51. The molecule has 1 heterocycles. The molecule has 8 heteroatoms. The van der Waals surface area contributed by atoms with Crippen LogP contribution in [-0.2, 0) is 25.9 Å². The fourth-order valence-corrected chi connectivity index (χ4v) is 5.13. The van der Waals surface area contributed by atoms with Crippen molar-refractivity contribution in [3.05, 3.63) is 23.0 Å². The first kappa shape index (κ1) is 19.3. The molecular formula is C18H24N2O4S2. The number of aromatic nitrogens is 1. The average Bonchev–Trinajstić information content (AvgIpc) is 2.96. The molecule has 0 unspecified atom stereocenters. The lowest BCUT2D eigenvalue weighted by Gasteiger charge is -2.17. The Morgan fingerprint density at radius 2 is 2.04 bits per heavy atom. The summed E-state index contributed by atoms with van der Waals surface area (Å²) >= 11 is 1.35. The maximum absolute atomic E-state index is 12.6. The molecule has 1 fully saturated rings. The third kappa shape index (κ3) is 4.24. The van der Waals surface area contributed by atoms with Crippen molar-refractivity contribution < 1.29 is 17.9 Å². The van der Waals surface area contributed by atoms with E-state index < -0.39 is 9.84 Å². The molecule has 1 amide bonds. The van der Waals surface area contributed by atoms with Gasteiger partial charge >= 0.3 is 0 Å². The second kappa shape index (κ2) is 8.02. The number of ether oxygens (including phenoxy) is 1. The quantitative estimate of drug-likeness (QED) is 0.779. The summed E-state index contributed by atoms with van der Waals surface area (Å²) in [5.74, 6) is -0.0535. The molecule has 0 aliphatic heterocycles. The monoisotopic (exact) mass is 396 g/mol. The maximum Gasteiger partial charge on any atom is 0.251 e. The molecule has 1 aromatic heterocycles. The average molecular weight is 397 g/mol. The molecule has 26 heavy (non-hydrogen) atoms. The Kier molecular flexibility index (Phi) is 5.94. The van der Waals surface area contributed by atoms with Crippen molar-refractivity contribution in [3.63, 3.8) is 0 Å². The van der Waals surface area contributed by atoms with Crippen molar-refractivity contribution in [1.82, 2.24) is 4.57 Å². The van der Waals surface area contributed by atoms with E-state index in [1.54, 1.807) is 25.3 Å². The van der Waals surface area contributed by atoms with Crippen molar-refractivity contribution in [2.75, 3.05) is 20.0 Å². The van der Waals surface area contributed by atoms with Gasteiger partial charge in [-0.05, 0) is 31.0 Å². The lowest BCUT2D eigenvalue weighted by atomic mass is 9.89. The van der Waals surface area contributed by atoms with Gasteiger partial charge < -0.3 is 9.30 Å². The molecule has 0 radical (unpaired) electrons. The molecule has 0 atom stereocenters. The number of methoxy groups -OCH3 is 1. The second-order valence-corrected chi connectivity index (χ2v) is 9.74. The minimum absolute atomic E-state index is 0.0106. The van der Waals surface area contributed by atoms with Gasteiger partial charge in [0.2, 0.25) is 0 Å². The number of fused-ring (bicyclic) bond motifs is 1. The van der Waals surface area contributed by atoms with Gasteiger partial charge in [-0.3, -0.25) is 4.79 Å². The van der Waals surface area contributed by atoms with E-state index in [1.165, 1.54) is 24.0 Å². The van der Waals surface area contributed by atoms with E-state index in [4.69, 9.17) is 4.74 Å². The fraction of sp³-hybridized carbons (Fsp3) is 0.556. The lowest BCUT2D eigenvalue weighted by molar-refractivity contribution is -0.122. The van der Waals surface area contributed by atoms with Crippen LogP contribution in [0, 0.1) is 5.92 Å². The third-order valence-corrected chi connectivity index (χ3v) is 6.91. The van der Waals surface area contributed by atoms with Crippen LogP contribution in [0.1, 0.15) is 32.1 Å². The lowest BCUT2D eigenvalue weighted by Crippen LogP contribution is -2.23. The van der Waals surface area contributed by atoms with Crippen LogP contribution in [0.15, 0.2) is 28.1 Å². The molecule has 2 aromatic rings. The summed E-state index contributed by atoms with van der Waals surface area (Å²) in [6, 6.07) is 5.03. The van der Waals surface area contributed by atoms with E-state index in [0.717, 1.165) is 35.9 Å². The maximum atomic E-state index is 12.6. The molecule has 0 N–H and O–H groups in total. The minimum Gasteiger partial charge on any atom is -0.383 e. The predicted octanol–water partition coefficient (Wildman–Crippen LogP) is 2.76. The molecule has 0 bridgehead atoms. The largest absolute Gasteiger partial charge is 0.383 e. The highest BCUT2D eigenvalue weighted by molar-refractivity contribution is 7.90. The van der Waals surface area contributed by atoms with Crippen LogP contribution >= 0.6 is 11.3 Å². The van der Waals surface area contributed by atoms with Gasteiger partial charge in [0.25, 0.3) is 5.91 Å². The van der Waals surface area contributed by atoms with E-state index >= 15 is 0 Å². The molecule has 1 aliphatic carbocycles. The topological polar surface area (TPSA) is 77.7 Å². The number of sulfone groups is 1. The van der Waals surface area contributed by atoms with Crippen molar-refractivity contribution in [3.8, 4) is 0 Å². The van der Waals surface area contributed by atoms with Crippen LogP contribution in [0.3, 0.4) is 0 Å². The molecule has 142 valence electrons. The third-order valence-electron chi connectivity index (χ3n) is 4.76. The van der Waals surface area contributed by atoms with Crippen LogP contribution in [-0.4, -0.2) is 38.9 Å². The van der Waals surface area contributed by atoms with E-state index in [9.17, 15) is 13.2 Å². The van der Waals surface area contributed by atoms with E-state index in [2.05, 4.69) is 4.99 Å². The highest BCUT2D eigenvalue weighted by Crippen LogP contribution is 2.25. The Balaban J connectivity index is 2.06. The molecule has 1 saturated carbocycles. The second-order valence-electron chi connectivity index (χ2n) is 6.72. The number of rotatable bonds is 5. The zero-order valence-corrected chi connectivity index (χ0v) is 16.7. The number of amides is 1. The van der Waals surface area contributed by atoms with Crippen LogP contribution in [0.2, 0.25) is 0 Å². The van der Waals surface area contributed by atoms with Gasteiger partial charge in [-0.2, -0.15) is 4.99 Å². The number of hydrogen-bond acceptors (Lipinski definition) is 5.